The van der Waals surface area contributed by atoms with Gasteiger partial charge >= 0.3 is 11.9 Å². The average Bonchev–Trinajstić information content (AvgIpc) is 2.54. The summed E-state index contributed by atoms with van der Waals surface area (Å²) in [5.74, 6) is -2.42. The summed E-state index contributed by atoms with van der Waals surface area (Å²) in [4.78, 5) is 23.1. The van der Waals surface area contributed by atoms with E-state index in [4.69, 9.17) is 4.74 Å². The lowest BCUT2D eigenvalue weighted by atomic mass is 10.1. The Morgan fingerprint density at radius 1 is 1.00 bits per heavy atom. The molecule has 0 bridgehead atoms. The maximum absolute atomic E-state index is 11.9. The highest BCUT2D eigenvalue weighted by molar-refractivity contribution is 5.79. The molecule has 0 aromatic heterocycles. The van der Waals surface area contributed by atoms with Gasteiger partial charge in [-0.15, -0.1) is 0 Å². The zero-order valence-corrected chi connectivity index (χ0v) is 12.2. The van der Waals surface area contributed by atoms with Gasteiger partial charge in [0.15, 0.2) is 11.5 Å². The van der Waals surface area contributed by atoms with Crippen LogP contribution in [0.15, 0.2) is 48.5 Å². The molecule has 0 saturated carbocycles. The van der Waals surface area contributed by atoms with Gasteiger partial charge in [0.25, 0.3) is 0 Å². The molecule has 0 heterocycles. The highest BCUT2D eigenvalue weighted by Gasteiger charge is 2.23. The van der Waals surface area contributed by atoms with Crippen molar-refractivity contribution in [2.45, 2.75) is 18.9 Å². The van der Waals surface area contributed by atoms with Crippen molar-refractivity contribution >= 4 is 11.9 Å². The van der Waals surface area contributed by atoms with Gasteiger partial charge in [0, 0.05) is 12.0 Å². The summed E-state index contributed by atoms with van der Waals surface area (Å²) < 4.78 is 5.02. The highest BCUT2D eigenvalue weighted by Crippen LogP contribution is 2.25. The molecular weight excluding hydrogens is 300 g/mol. The summed E-state index contributed by atoms with van der Waals surface area (Å²) in [7, 11) is 0. The number of rotatable bonds is 6. The van der Waals surface area contributed by atoms with Crippen LogP contribution in [0, 0.1) is 0 Å². The van der Waals surface area contributed by atoms with Crippen LogP contribution in [-0.4, -0.2) is 27.3 Å². The quantitative estimate of drug-likeness (QED) is 0.558. The second-order valence-corrected chi connectivity index (χ2v) is 4.94. The van der Waals surface area contributed by atoms with E-state index in [0.717, 1.165) is 0 Å². The van der Waals surface area contributed by atoms with Gasteiger partial charge in [0.2, 0.25) is 6.10 Å². The molecule has 2 rings (SSSR count). The highest BCUT2D eigenvalue weighted by atomic mass is 16.6. The molecule has 1 atom stereocenters. The summed E-state index contributed by atoms with van der Waals surface area (Å²) in [6.07, 6.45) is -1.13. The van der Waals surface area contributed by atoms with Crippen molar-refractivity contribution < 1.29 is 29.6 Å². The molecule has 6 heteroatoms. The summed E-state index contributed by atoms with van der Waals surface area (Å²) in [5, 5.41) is 27.8. The van der Waals surface area contributed by atoms with E-state index in [9.17, 15) is 24.9 Å². The Morgan fingerprint density at radius 3 is 2.30 bits per heavy atom. The van der Waals surface area contributed by atoms with Gasteiger partial charge in [0.1, 0.15) is 0 Å². The maximum atomic E-state index is 11.9. The van der Waals surface area contributed by atoms with E-state index in [0.29, 0.717) is 11.1 Å². The van der Waals surface area contributed by atoms with Crippen LogP contribution < -0.4 is 0 Å². The van der Waals surface area contributed by atoms with Gasteiger partial charge in [-0.05, 0) is 24.1 Å². The zero-order chi connectivity index (χ0) is 16.8. The number of aromatic hydroxyl groups is 2. The molecule has 120 valence electrons. The number of carbonyl (C=O) groups is 2. The number of benzene rings is 2. The summed E-state index contributed by atoms with van der Waals surface area (Å²) in [5.41, 5.74) is 1.01. The fourth-order valence-electron chi connectivity index (χ4n) is 2.05. The Morgan fingerprint density at radius 2 is 1.70 bits per heavy atom. The van der Waals surface area contributed by atoms with Crippen LogP contribution in [-0.2, 0) is 20.7 Å². The summed E-state index contributed by atoms with van der Waals surface area (Å²) >= 11 is 0. The van der Waals surface area contributed by atoms with Crippen molar-refractivity contribution in [3.8, 4) is 11.5 Å². The van der Waals surface area contributed by atoms with Gasteiger partial charge in [-0.3, -0.25) is 4.79 Å². The third-order valence-corrected chi connectivity index (χ3v) is 3.23. The van der Waals surface area contributed by atoms with Crippen LogP contribution in [0.1, 0.15) is 23.7 Å². The Kier molecular flexibility index (Phi) is 5.19. The summed E-state index contributed by atoms with van der Waals surface area (Å²) in [6.45, 7) is 0. The number of hydrogen-bond donors (Lipinski definition) is 3. The first kappa shape index (κ1) is 16.4. The molecule has 0 spiro atoms. The minimum atomic E-state index is -1.35. The molecular formula is C17H16O6. The van der Waals surface area contributed by atoms with Gasteiger partial charge in [-0.25, -0.2) is 4.79 Å². The molecule has 1 unspecified atom stereocenters. The third-order valence-electron chi connectivity index (χ3n) is 3.23. The van der Waals surface area contributed by atoms with Crippen LogP contribution in [0.4, 0.5) is 0 Å². The third kappa shape index (κ3) is 4.47. The van der Waals surface area contributed by atoms with E-state index in [2.05, 4.69) is 0 Å². The zero-order valence-electron chi connectivity index (χ0n) is 12.2. The van der Waals surface area contributed by atoms with E-state index in [-0.39, 0.29) is 24.3 Å². The lowest BCUT2D eigenvalue weighted by Crippen LogP contribution is -2.19. The topological polar surface area (TPSA) is 104 Å². The van der Waals surface area contributed by atoms with Crippen LogP contribution in [0.2, 0.25) is 0 Å². The first-order valence-electron chi connectivity index (χ1n) is 6.95. The van der Waals surface area contributed by atoms with Crippen molar-refractivity contribution in [3.63, 3.8) is 0 Å². The Labute approximate surface area is 132 Å². The number of phenols is 2. The number of aliphatic carboxylic acids is 1. The molecule has 0 radical (unpaired) electrons. The van der Waals surface area contributed by atoms with Crippen molar-refractivity contribution in [1.82, 2.24) is 0 Å². The SMILES string of the molecule is O=C(CCc1ccc(O)c(O)c1)OC(C(=O)O)c1ccccc1. The minimum Gasteiger partial charge on any atom is -0.504 e. The Bertz CT molecular complexity index is 695. The summed E-state index contributed by atoms with van der Waals surface area (Å²) in [6, 6.07) is 12.4. The van der Waals surface area contributed by atoms with Gasteiger partial charge < -0.3 is 20.1 Å². The van der Waals surface area contributed by atoms with Crippen molar-refractivity contribution in [3.05, 3.63) is 59.7 Å². The number of carbonyl (C=O) groups excluding carboxylic acids is 1. The fraction of sp³-hybridized carbons (Fsp3) is 0.176. The van der Waals surface area contributed by atoms with Crippen LogP contribution in [0.3, 0.4) is 0 Å². The second kappa shape index (κ2) is 7.31. The maximum Gasteiger partial charge on any atom is 0.349 e. The van der Waals surface area contributed by atoms with Gasteiger partial charge in [-0.1, -0.05) is 36.4 Å². The molecule has 3 N–H and O–H groups in total. The number of hydrogen-bond acceptors (Lipinski definition) is 5. The molecule has 0 saturated heterocycles. The molecule has 0 aliphatic carbocycles. The van der Waals surface area contributed by atoms with Crippen molar-refractivity contribution in [1.29, 1.82) is 0 Å². The average molecular weight is 316 g/mol. The van der Waals surface area contributed by atoms with Crippen molar-refractivity contribution in [2.24, 2.45) is 0 Å². The lowest BCUT2D eigenvalue weighted by Gasteiger charge is -2.14. The van der Waals surface area contributed by atoms with Crippen LogP contribution in [0.25, 0.3) is 0 Å². The molecule has 0 aliphatic rings. The van der Waals surface area contributed by atoms with Gasteiger partial charge in [0.05, 0.1) is 0 Å². The van der Waals surface area contributed by atoms with E-state index >= 15 is 0 Å². The molecule has 0 fully saturated rings. The Balaban J connectivity index is 1.97. The van der Waals surface area contributed by atoms with E-state index in [1.807, 2.05) is 0 Å². The first-order valence-corrected chi connectivity index (χ1v) is 6.95. The number of carboxylic acids is 1. The minimum absolute atomic E-state index is 0.0408. The predicted molar refractivity (Wildman–Crippen MR) is 81.0 cm³/mol. The molecule has 2 aromatic rings. The van der Waals surface area contributed by atoms with E-state index in [1.54, 1.807) is 36.4 Å². The van der Waals surface area contributed by atoms with Crippen LogP contribution >= 0.6 is 0 Å². The number of carboxylic acid groups (broad SMARTS) is 1. The molecule has 23 heavy (non-hydrogen) atoms. The van der Waals surface area contributed by atoms with Crippen LogP contribution in [0.5, 0.6) is 11.5 Å². The normalized spacial score (nSPS) is 11.7. The standard InChI is InChI=1S/C17H16O6/c18-13-8-6-11(10-14(13)19)7-9-15(20)23-16(17(21)22)12-4-2-1-3-5-12/h1-6,8,10,16,18-19H,7,9H2,(H,21,22). The van der Waals surface area contributed by atoms with Gasteiger partial charge in [-0.2, -0.15) is 0 Å². The largest absolute Gasteiger partial charge is 0.504 e. The number of aryl methyl sites for hydroxylation is 1. The molecule has 2 aromatic carbocycles. The first-order chi connectivity index (χ1) is 11.0. The Hall–Kier alpha value is -3.02. The number of phenolic OH excluding ortho intramolecular Hbond substituents is 2. The van der Waals surface area contributed by atoms with Crippen molar-refractivity contribution in [2.75, 3.05) is 0 Å². The fourth-order valence-corrected chi connectivity index (χ4v) is 2.05. The smallest absolute Gasteiger partial charge is 0.349 e. The number of esters is 1. The lowest BCUT2D eigenvalue weighted by molar-refractivity contribution is -0.164. The second-order valence-electron chi connectivity index (χ2n) is 4.94. The molecule has 0 amide bonds. The molecule has 0 aliphatic heterocycles. The molecule has 6 nitrogen and oxygen atoms in total. The number of ether oxygens (including phenoxy) is 1. The predicted octanol–water partition coefficient (Wildman–Crippen LogP) is 2.40. The van der Waals surface area contributed by atoms with E-state index < -0.39 is 18.0 Å². The monoisotopic (exact) mass is 316 g/mol. The van der Waals surface area contributed by atoms with E-state index in [1.165, 1.54) is 12.1 Å².